The van der Waals surface area contributed by atoms with E-state index in [1.54, 1.807) is 0 Å². The van der Waals surface area contributed by atoms with Crippen LogP contribution in [-0.4, -0.2) is 17.9 Å². The Kier molecular flexibility index (Phi) is 3.31. The highest BCUT2D eigenvalue weighted by Crippen LogP contribution is 2.31. The van der Waals surface area contributed by atoms with E-state index in [1.807, 2.05) is 30.1 Å². The fourth-order valence-electron chi connectivity index (χ4n) is 2.90. The molecule has 0 saturated carbocycles. The van der Waals surface area contributed by atoms with Gasteiger partial charge >= 0.3 is 0 Å². The summed E-state index contributed by atoms with van der Waals surface area (Å²) in [5, 5.41) is 0. The Balaban J connectivity index is 1.97. The van der Waals surface area contributed by atoms with Gasteiger partial charge in [0.25, 0.3) is 5.91 Å². The van der Waals surface area contributed by atoms with Crippen molar-refractivity contribution in [2.75, 3.05) is 7.05 Å². The van der Waals surface area contributed by atoms with Crippen LogP contribution in [0, 0.1) is 0 Å². The molecule has 0 saturated heterocycles. The smallest absolute Gasteiger partial charge is 0.254 e. The summed E-state index contributed by atoms with van der Waals surface area (Å²) < 4.78 is 0. The maximum atomic E-state index is 12.4. The quantitative estimate of drug-likeness (QED) is 0.812. The number of amides is 1. The van der Waals surface area contributed by atoms with Crippen LogP contribution >= 0.6 is 0 Å². The van der Waals surface area contributed by atoms with Crippen molar-refractivity contribution in [2.24, 2.45) is 0 Å². The molecule has 102 valence electrons. The summed E-state index contributed by atoms with van der Waals surface area (Å²) >= 11 is 0. The van der Waals surface area contributed by atoms with Crippen molar-refractivity contribution in [1.29, 1.82) is 0 Å². The van der Waals surface area contributed by atoms with E-state index in [0.29, 0.717) is 0 Å². The second kappa shape index (κ2) is 5.12. The molecule has 1 unspecified atom stereocenters. The van der Waals surface area contributed by atoms with E-state index >= 15 is 0 Å². The summed E-state index contributed by atoms with van der Waals surface area (Å²) in [5.41, 5.74) is 4.54. The Morgan fingerprint density at radius 2 is 1.80 bits per heavy atom. The number of carbonyl (C=O) groups is 1. The highest BCUT2D eigenvalue weighted by molar-refractivity contribution is 5.97. The topological polar surface area (TPSA) is 20.3 Å². The van der Waals surface area contributed by atoms with E-state index in [4.69, 9.17) is 0 Å². The standard InChI is InChI=1S/C18H19NO/c1-3-13-8-10-14(11-9-13)17-12-15-6-4-5-7-16(15)18(20)19(17)2/h4-11,17H,3,12H2,1-2H3. The number of benzene rings is 2. The third-order valence-corrected chi connectivity index (χ3v) is 4.22. The van der Waals surface area contributed by atoms with Gasteiger partial charge in [-0.15, -0.1) is 0 Å². The second-order valence-electron chi connectivity index (χ2n) is 5.39. The summed E-state index contributed by atoms with van der Waals surface area (Å²) in [4.78, 5) is 14.3. The van der Waals surface area contributed by atoms with Crippen molar-refractivity contribution >= 4 is 5.91 Å². The van der Waals surface area contributed by atoms with Gasteiger partial charge in [-0.1, -0.05) is 49.4 Å². The number of rotatable bonds is 2. The summed E-state index contributed by atoms with van der Waals surface area (Å²) in [7, 11) is 1.90. The Morgan fingerprint density at radius 3 is 2.50 bits per heavy atom. The van der Waals surface area contributed by atoms with Gasteiger partial charge in [-0.25, -0.2) is 0 Å². The number of nitrogens with zero attached hydrogens (tertiary/aromatic N) is 1. The zero-order valence-corrected chi connectivity index (χ0v) is 12.0. The van der Waals surface area contributed by atoms with Crippen LogP contribution in [0.4, 0.5) is 0 Å². The van der Waals surface area contributed by atoms with Crippen LogP contribution in [0.1, 0.15) is 40.0 Å². The molecule has 0 aromatic heterocycles. The van der Waals surface area contributed by atoms with Gasteiger partial charge in [-0.3, -0.25) is 4.79 Å². The lowest BCUT2D eigenvalue weighted by atomic mass is 9.89. The zero-order valence-electron chi connectivity index (χ0n) is 12.0. The van der Waals surface area contributed by atoms with E-state index in [-0.39, 0.29) is 11.9 Å². The number of hydrogen-bond donors (Lipinski definition) is 0. The van der Waals surface area contributed by atoms with Crippen LogP contribution in [0.5, 0.6) is 0 Å². The average Bonchev–Trinajstić information content (AvgIpc) is 2.51. The third-order valence-electron chi connectivity index (χ3n) is 4.22. The van der Waals surface area contributed by atoms with Crippen LogP contribution in [0.3, 0.4) is 0 Å². The fourth-order valence-corrected chi connectivity index (χ4v) is 2.90. The molecule has 2 heteroatoms. The fraction of sp³-hybridized carbons (Fsp3) is 0.278. The zero-order chi connectivity index (χ0) is 14.1. The van der Waals surface area contributed by atoms with Crippen molar-refractivity contribution in [3.8, 4) is 0 Å². The molecule has 0 N–H and O–H groups in total. The number of likely N-dealkylation sites (N-methyl/N-ethyl adjacent to an activating group) is 1. The van der Waals surface area contributed by atoms with Gasteiger partial charge in [-0.05, 0) is 35.6 Å². The highest BCUT2D eigenvalue weighted by Gasteiger charge is 2.30. The lowest BCUT2D eigenvalue weighted by molar-refractivity contribution is 0.0705. The van der Waals surface area contributed by atoms with Gasteiger partial charge in [0.2, 0.25) is 0 Å². The molecule has 0 fully saturated rings. The number of aryl methyl sites for hydroxylation is 1. The molecule has 1 amide bonds. The molecule has 1 heterocycles. The van der Waals surface area contributed by atoms with Crippen molar-refractivity contribution < 1.29 is 4.79 Å². The minimum Gasteiger partial charge on any atom is -0.334 e. The minimum absolute atomic E-state index is 0.122. The number of fused-ring (bicyclic) bond motifs is 1. The molecule has 2 nitrogen and oxygen atoms in total. The lowest BCUT2D eigenvalue weighted by Crippen LogP contribution is -2.37. The molecule has 0 aliphatic carbocycles. The summed E-state index contributed by atoms with van der Waals surface area (Å²) in [5.74, 6) is 0.122. The van der Waals surface area contributed by atoms with Gasteiger partial charge < -0.3 is 4.90 Å². The average molecular weight is 265 g/mol. The third kappa shape index (κ3) is 2.11. The van der Waals surface area contributed by atoms with Gasteiger partial charge in [0, 0.05) is 12.6 Å². The highest BCUT2D eigenvalue weighted by atomic mass is 16.2. The maximum absolute atomic E-state index is 12.4. The van der Waals surface area contributed by atoms with Gasteiger partial charge in [0.1, 0.15) is 0 Å². The summed E-state index contributed by atoms with van der Waals surface area (Å²) in [6.45, 7) is 2.15. The summed E-state index contributed by atoms with van der Waals surface area (Å²) in [6, 6.07) is 16.7. The first-order valence-electron chi connectivity index (χ1n) is 7.14. The molecule has 3 rings (SSSR count). The van der Waals surface area contributed by atoms with Crippen LogP contribution in [0.25, 0.3) is 0 Å². The first-order chi connectivity index (χ1) is 9.70. The van der Waals surface area contributed by atoms with E-state index in [2.05, 4.69) is 37.3 Å². The van der Waals surface area contributed by atoms with Crippen molar-refractivity contribution in [3.63, 3.8) is 0 Å². The Bertz CT molecular complexity index is 630. The largest absolute Gasteiger partial charge is 0.334 e. The van der Waals surface area contributed by atoms with Gasteiger partial charge in [-0.2, -0.15) is 0 Å². The Labute approximate surface area is 120 Å². The number of carbonyl (C=O) groups excluding carboxylic acids is 1. The van der Waals surface area contributed by atoms with Crippen LogP contribution in [0.2, 0.25) is 0 Å². The SMILES string of the molecule is CCc1ccc(C2Cc3ccccc3C(=O)N2C)cc1. The normalized spacial score (nSPS) is 18.0. The van der Waals surface area contributed by atoms with E-state index < -0.39 is 0 Å². The first kappa shape index (κ1) is 12.9. The molecule has 0 bridgehead atoms. The molecule has 2 aromatic rings. The molecule has 0 radical (unpaired) electrons. The van der Waals surface area contributed by atoms with Crippen molar-refractivity contribution in [3.05, 3.63) is 70.8 Å². The first-order valence-corrected chi connectivity index (χ1v) is 7.14. The molecule has 1 atom stereocenters. The molecular formula is C18H19NO. The van der Waals surface area contributed by atoms with Gasteiger partial charge in [0.05, 0.1) is 6.04 Å². The Hall–Kier alpha value is -2.09. The summed E-state index contributed by atoms with van der Waals surface area (Å²) in [6.07, 6.45) is 1.94. The van der Waals surface area contributed by atoms with E-state index in [9.17, 15) is 4.79 Å². The van der Waals surface area contributed by atoms with Crippen LogP contribution in [-0.2, 0) is 12.8 Å². The predicted molar refractivity (Wildman–Crippen MR) is 80.8 cm³/mol. The second-order valence-corrected chi connectivity index (χ2v) is 5.39. The monoisotopic (exact) mass is 265 g/mol. The van der Waals surface area contributed by atoms with E-state index in [0.717, 1.165) is 24.0 Å². The van der Waals surface area contributed by atoms with Crippen molar-refractivity contribution in [1.82, 2.24) is 4.90 Å². The molecule has 1 aliphatic rings. The van der Waals surface area contributed by atoms with Crippen LogP contribution in [0.15, 0.2) is 48.5 Å². The van der Waals surface area contributed by atoms with Crippen LogP contribution < -0.4 is 0 Å². The van der Waals surface area contributed by atoms with Gasteiger partial charge in [0.15, 0.2) is 0 Å². The molecule has 20 heavy (non-hydrogen) atoms. The molecule has 0 spiro atoms. The molecule has 1 aliphatic heterocycles. The molecule has 2 aromatic carbocycles. The minimum atomic E-state index is 0.122. The van der Waals surface area contributed by atoms with E-state index in [1.165, 1.54) is 11.1 Å². The lowest BCUT2D eigenvalue weighted by Gasteiger charge is -2.34. The molecular weight excluding hydrogens is 246 g/mol. The number of hydrogen-bond acceptors (Lipinski definition) is 1. The maximum Gasteiger partial charge on any atom is 0.254 e. The Morgan fingerprint density at radius 1 is 1.10 bits per heavy atom. The predicted octanol–water partition coefficient (Wildman–Crippen LogP) is 3.62. The van der Waals surface area contributed by atoms with Crippen molar-refractivity contribution in [2.45, 2.75) is 25.8 Å².